The predicted molar refractivity (Wildman–Crippen MR) is 112 cm³/mol. The Kier molecular flexibility index (Phi) is 4.22. The van der Waals surface area contributed by atoms with Crippen molar-refractivity contribution in [3.63, 3.8) is 0 Å². The van der Waals surface area contributed by atoms with Crippen molar-refractivity contribution >= 4 is 28.1 Å². The third-order valence-corrected chi connectivity index (χ3v) is 5.41. The summed E-state index contributed by atoms with van der Waals surface area (Å²) in [5, 5.41) is 15.3. The SMILES string of the molecule is O=c1c(=Cc2ccc(-c3cccc([N+](=O)[O-])c3)o2)sc2nc(-c3ccccc3)nn12. The molecule has 0 atom stereocenters. The van der Waals surface area contributed by atoms with Crippen molar-refractivity contribution in [3.8, 4) is 22.7 Å². The summed E-state index contributed by atoms with van der Waals surface area (Å²) in [6.07, 6.45) is 1.62. The second kappa shape index (κ2) is 7.05. The summed E-state index contributed by atoms with van der Waals surface area (Å²) in [6.45, 7) is 0. The van der Waals surface area contributed by atoms with Crippen LogP contribution in [0.25, 0.3) is 33.7 Å². The van der Waals surface area contributed by atoms with Crippen LogP contribution in [0.1, 0.15) is 5.76 Å². The van der Waals surface area contributed by atoms with Gasteiger partial charge in [-0.3, -0.25) is 14.9 Å². The fraction of sp³-hybridized carbons (Fsp3) is 0. The zero-order valence-electron chi connectivity index (χ0n) is 15.3. The summed E-state index contributed by atoms with van der Waals surface area (Å²) in [4.78, 5) is 28.1. The quantitative estimate of drug-likeness (QED) is 0.328. The van der Waals surface area contributed by atoms with Crippen molar-refractivity contribution in [3.05, 3.63) is 97.5 Å². The molecule has 0 spiro atoms. The number of fused-ring (bicyclic) bond motifs is 1. The fourth-order valence-electron chi connectivity index (χ4n) is 3.03. The first-order valence-corrected chi connectivity index (χ1v) is 9.71. The van der Waals surface area contributed by atoms with E-state index in [1.165, 1.54) is 28.0 Å². The number of hydrogen-bond acceptors (Lipinski definition) is 7. The molecule has 3 aromatic heterocycles. The van der Waals surface area contributed by atoms with Crippen molar-refractivity contribution < 1.29 is 9.34 Å². The number of thiazole rings is 1. The van der Waals surface area contributed by atoms with Crippen LogP contribution in [-0.4, -0.2) is 19.5 Å². The molecule has 0 saturated carbocycles. The Balaban J connectivity index is 1.51. The van der Waals surface area contributed by atoms with E-state index in [9.17, 15) is 14.9 Å². The van der Waals surface area contributed by atoms with Gasteiger partial charge in [0.15, 0.2) is 5.82 Å². The van der Waals surface area contributed by atoms with E-state index in [1.54, 1.807) is 30.3 Å². The largest absolute Gasteiger partial charge is 0.457 e. The number of furan rings is 1. The van der Waals surface area contributed by atoms with Crippen LogP contribution in [0.2, 0.25) is 0 Å². The van der Waals surface area contributed by atoms with Crippen molar-refractivity contribution in [2.75, 3.05) is 0 Å². The van der Waals surface area contributed by atoms with Crippen molar-refractivity contribution in [2.24, 2.45) is 0 Å². The lowest BCUT2D eigenvalue weighted by atomic mass is 10.1. The molecule has 8 nitrogen and oxygen atoms in total. The molecular formula is C21H12N4O4S. The average molecular weight is 416 g/mol. The van der Waals surface area contributed by atoms with Crippen molar-refractivity contribution in [1.82, 2.24) is 14.6 Å². The second-order valence-electron chi connectivity index (χ2n) is 6.42. The molecule has 0 aliphatic carbocycles. The highest BCUT2D eigenvalue weighted by molar-refractivity contribution is 7.15. The summed E-state index contributed by atoms with van der Waals surface area (Å²) in [5.74, 6) is 1.43. The van der Waals surface area contributed by atoms with Crippen LogP contribution in [0, 0.1) is 10.1 Å². The van der Waals surface area contributed by atoms with E-state index in [4.69, 9.17) is 4.42 Å². The van der Waals surface area contributed by atoms with Gasteiger partial charge >= 0.3 is 0 Å². The topological polar surface area (TPSA) is 104 Å². The molecule has 0 aliphatic heterocycles. The third kappa shape index (κ3) is 3.16. The van der Waals surface area contributed by atoms with Crippen molar-refractivity contribution in [1.29, 1.82) is 0 Å². The highest BCUT2D eigenvalue weighted by atomic mass is 32.1. The van der Waals surface area contributed by atoms with E-state index in [0.29, 0.717) is 32.4 Å². The van der Waals surface area contributed by atoms with Gasteiger partial charge in [0.2, 0.25) is 4.96 Å². The molecule has 2 aromatic carbocycles. The van der Waals surface area contributed by atoms with Crippen LogP contribution in [0.3, 0.4) is 0 Å². The first kappa shape index (κ1) is 18.0. The first-order valence-electron chi connectivity index (χ1n) is 8.90. The lowest BCUT2D eigenvalue weighted by Crippen LogP contribution is -2.23. The number of nitro benzene ring substituents is 1. The van der Waals surface area contributed by atoms with Crippen LogP contribution < -0.4 is 10.1 Å². The molecule has 3 heterocycles. The van der Waals surface area contributed by atoms with E-state index in [1.807, 2.05) is 30.3 Å². The molecule has 0 unspecified atom stereocenters. The summed E-state index contributed by atoms with van der Waals surface area (Å²) in [7, 11) is 0. The number of non-ortho nitro benzene ring substituents is 1. The first-order chi connectivity index (χ1) is 14.6. The Bertz CT molecular complexity index is 1500. The van der Waals surface area contributed by atoms with Gasteiger partial charge in [0, 0.05) is 29.3 Å². The Hall–Kier alpha value is -4.11. The number of rotatable bonds is 4. The third-order valence-electron chi connectivity index (χ3n) is 4.46. The molecule has 9 heteroatoms. The zero-order valence-corrected chi connectivity index (χ0v) is 16.1. The molecule has 30 heavy (non-hydrogen) atoms. The van der Waals surface area contributed by atoms with Gasteiger partial charge in [-0.1, -0.05) is 53.8 Å². The summed E-state index contributed by atoms with van der Waals surface area (Å²) in [5.41, 5.74) is 1.13. The second-order valence-corrected chi connectivity index (χ2v) is 7.43. The molecule has 0 N–H and O–H groups in total. The lowest BCUT2D eigenvalue weighted by Gasteiger charge is -1.96. The Morgan fingerprint density at radius 2 is 1.83 bits per heavy atom. The summed E-state index contributed by atoms with van der Waals surface area (Å²) in [6, 6.07) is 19.0. The summed E-state index contributed by atoms with van der Waals surface area (Å²) >= 11 is 1.22. The van der Waals surface area contributed by atoms with Crippen LogP contribution in [0.4, 0.5) is 5.69 Å². The Labute approximate surface area is 172 Å². The van der Waals surface area contributed by atoms with Gasteiger partial charge in [0.25, 0.3) is 11.2 Å². The zero-order chi connectivity index (χ0) is 20.7. The predicted octanol–water partition coefficient (Wildman–Crippen LogP) is 3.53. The van der Waals surface area contributed by atoms with Gasteiger partial charge < -0.3 is 4.42 Å². The maximum absolute atomic E-state index is 12.7. The number of nitro groups is 1. The molecule has 5 rings (SSSR count). The highest BCUT2D eigenvalue weighted by Crippen LogP contribution is 2.26. The van der Waals surface area contributed by atoms with Crippen LogP contribution in [-0.2, 0) is 0 Å². The van der Waals surface area contributed by atoms with E-state index in [0.717, 1.165) is 5.56 Å². The van der Waals surface area contributed by atoms with Gasteiger partial charge in [-0.15, -0.1) is 5.10 Å². The molecule has 5 aromatic rings. The molecule has 0 fully saturated rings. The standard InChI is InChI=1S/C21H12N4O4S/c26-20-18(30-21-22-19(23-24(20)21)13-5-2-1-3-6-13)12-16-9-10-17(29-16)14-7-4-8-15(11-14)25(27)28/h1-12H. The van der Waals surface area contributed by atoms with E-state index in [-0.39, 0.29) is 11.2 Å². The highest BCUT2D eigenvalue weighted by Gasteiger charge is 2.13. The van der Waals surface area contributed by atoms with Crippen LogP contribution in [0.15, 0.2) is 75.9 Å². The van der Waals surface area contributed by atoms with Gasteiger partial charge in [0.1, 0.15) is 16.1 Å². The van der Waals surface area contributed by atoms with E-state index >= 15 is 0 Å². The normalized spacial score (nSPS) is 11.9. The molecule has 0 aliphatic rings. The van der Waals surface area contributed by atoms with Gasteiger partial charge in [-0.25, -0.2) is 0 Å². The van der Waals surface area contributed by atoms with Gasteiger partial charge in [0.05, 0.1) is 4.92 Å². The van der Waals surface area contributed by atoms with Gasteiger partial charge in [-0.2, -0.15) is 9.50 Å². The Morgan fingerprint density at radius 1 is 1.03 bits per heavy atom. The molecule has 0 bridgehead atoms. The molecule has 0 saturated heterocycles. The fourth-order valence-corrected chi connectivity index (χ4v) is 3.92. The van der Waals surface area contributed by atoms with Crippen LogP contribution in [0.5, 0.6) is 0 Å². The smallest absolute Gasteiger partial charge is 0.291 e. The molecule has 0 amide bonds. The minimum atomic E-state index is -0.457. The van der Waals surface area contributed by atoms with Crippen LogP contribution >= 0.6 is 11.3 Å². The van der Waals surface area contributed by atoms with Crippen molar-refractivity contribution in [2.45, 2.75) is 0 Å². The minimum absolute atomic E-state index is 0.0175. The van der Waals surface area contributed by atoms with E-state index in [2.05, 4.69) is 10.1 Å². The maximum Gasteiger partial charge on any atom is 0.291 e. The average Bonchev–Trinajstić information content (AvgIpc) is 3.47. The summed E-state index contributed by atoms with van der Waals surface area (Å²) < 4.78 is 7.48. The molecule has 146 valence electrons. The monoisotopic (exact) mass is 416 g/mol. The van der Waals surface area contributed by atoms with Gasteiger partial charge in [-0.05, 0) is 12.1 Å². The minimum Gasteiger partial charge on any atom is -0.457 e. The molecule has 0 radical (unpaired) electrons. The molecular weight excluding hydrogens is 404 g/mol. The number of aromatic nitrogens is 3. The lowest BCUT2D eigenvalue weighted by molar-refractivity contribution is -0.384. The Morgan fingerprint density at radius 3 is 2.60 bits per heavy atom. The number of hydrogen-bond donors (Lipinski definition) is 0. The van der Waals surface area contributed by atoms with E-state index < -0.39 is 4.92 Å². The maximum atomic E-state index is 12.7. The number of benzene rings is 2. The number of nitrogens with zero attached hydrogens (tertiary/aromatic N) is 4.